The van der Waals surface area contributed by atoms with E-state index < -0.39 is 15.9 Å². The molecule has 0 spiro atoms. The number of thiazole rings is 1. The maximum Gasteiger partial charge on any atom is 0.284 e. The quantitative estimate of drug-likeness (QED) is 0.772. The minimum atomic E-state index is -3.66. The second-order valence-corrected chi connectivity index (χ2v) is 9.95. The maximum atomic E-state index is 12.3. The van der Waals surface area contributed by atoms with Crippen LogP contribution in [0.15, 0.2) is 24.3 Å². The fourth-order valence-corrected chi connectivity index (χ4v) is 4.76. The van der Waals surface area contributed by atoms with Gasteiger partial charge >= 0.3 is 0 Å². The number of carbonyl (C=O) groups is 1. The topological polar surface area (TPSA) is 103 Å². The third-order valence-electron chi connectivity index (χ3n) is 4.73. The molecule has 1 N–H and O–H groups in total. The monoisotopic (exact) mass is 418 g/mol. The minimum absolute atomic E-state index is 0.121. The molecule has 0 bridgehead atoms. The van der Waals surface area contributed by atoms with Crippen LogP contribution in [-0.4, -0.2) is 32.1 Å². The Labute approximate surface area is 169 Å². The lowest BCUT2D eigenvalue weighted by atomic mass is 10.1. The van der Waals surface area contributed by atoms with Gasteiger partial charge in [-0.15, -0.1) is 11.3 Å². The van der Waals surface area contributed by atoms with Gasteiger partial charge in [0.1, 0.15) is 5.69 Å². The lowest BCUT2D eigenvalue weighted by molar-refractivity contribution is 0.0977. The lowest BCUT2D eigenvalue weighted by Gasteiger charge is -2.25. The maximum absolute atomic E-state index is 12.3. The molecule has 1 fully saturated rings. The molecule has 3 rings (SSSR count). The highest BCUT2D eigenvalue weighted by atomic mass is 32.2. The summed E-state index contributed by atoms with van der Waals surface area (Å²) in [5.74, 6) is -0.184. The number of nitrogens with one attached hydrogen (secondary N) is 1. The number of hydrogen-bond acceptors (Lipinski definition) is 7. The van der Waals surface area contributed by atoms with E-state index in [1.54, 1.807) is 19.1 Å². The molecular weight excluding hydrogens is 396 g/mol. The fraction of sp³-hybridized carbons (Fsp3) is 0.421. The number of sulfonamides is 1. The number of aryl methyl sites for hydroxylation is 1. The van der Waals surface area contributed by atoms with Crippen molar-refractivity contribution >= 4 is 38.1 Å². The summed E-state index contributed by atoms with van der Waals surface area (Å²) >= 11 is 1.36. The van der Waals surface area contributed by atoms with Crippen molar-refractivity contribution in [3.05, 3.63) is 40.4 Å². The molecule has 1 aliphatic rings. The van der Waals surface area contributed by atoms with Crippen LogP contribution in [0.25, 0.3) is 0 Å². The molecular formula is C19H22N4O3S2. The van der Waals surface area contributed by atoms with Crippen LogP contribution in [0.1, 0.15) is 46.6 Å². The van der Waals surface area contributed by atoms with Crippen molar-refractivity contribution in [1.29, 1.82) is 5.26 Å². The van der Waals surface area contributed by atoms with Crippen molar-refractivity contribution in [3.8, 4) is 6.07 Å². The summed E-state index contributed by atoms with van der Waals surface area (Å²) in [7, 11) is -3.66. The molecule has 0 aliphatic heterocycles. The Bertz CT molecular complexity index is 1000. The molecule has 0 atom stereocenters. The molecule has 2 aromatic rings. The second kappa shape index (κ2) is 8.29. The molecule has 1 aliphatic carbocycles. The van der Waals surface area contributed by atoms with Gasteiger partial charge in [-0.2, -0.15) is 5.26 Å². The van der Waals surface area contributed by atoms with Gasteiger partial charge in [-0.3, -0.25) is 4.79 Å². The number of nitrogens with zero attached hydrogens (tertiary/aromatic N) is 3. The van der Waals surface area contributed by atoms with Gasteiger partial charge in [-0.25, -0.2) is 18.1 Å². The smallest absolute Gasteiger partial charge is 0.284 e. The third-order valence-corrected chi connectivity index (χ3v) is 6.28. The zero-order chi connectivity index (χ0) is 20.3. The van der Waals surface area contributed by atoms with Crippen LogP contribution >= 0.6 is 11.3 Å². The highest BCUT2D eigenvalue weighted by molar-refractivity contribution is 7.89. The SMILES string of the molecule is Cc1sc(N(CC2CCCC2)c2ccc(C#N)cc2)nc1C(=O)NS(C)(=O)=O. The standard InChI is InChI=1S/C19H22N4O3S2/c1-13-17(18(24)22-28(2,25)26)21-19(27-13)23(12-15-5-3-4-6-15)16-9-7-14(11-20)8-10-16/h7-10,15H,3-6,12H2,1-2H3,(H,22,24). The van der Waals surface area contributed by atoms with E-state index >= 15 is 0 Å². The molecule has 1 saturated carbocycles. The summed E-state index contributed by atoms with van der Waals surface area (Å²) in [6.45, 7) is 2.52. The average Bonchev–Trinajstić information content (AvgIpc) is 3.28. The molecule has 148 valence electrons. The van der Waals surface area contributed by atoms with Gasteiger partial charge in [0.15, 0.2) is 5.13 Å². The van der Waals surface area contributed by atoms with Crippen molar-refractivity contribution in [2.75, 3.05) is 17.7 Å². The molecule has 1 heterocycles. The molecule has 0 saturated heterocycles. The normalized spacial score (nSPS) is 14.6. The predicted octanol–water partition coefficient (Wildman–Crippen LogP) is 3.34. The highest BCUT2D eigenvalue weighted by Gasteiger charge is 2.25. The number of nitriles is 1. The number of aromatic nitrogens is 1. The minimum Gasteiger partial charge on any atom is -0.318 e. The number of rotatable bonds is 6. The fourth-order valence-electron chi connectivity index (χ4n) is 3.39. The van der Waals surface area contributed by atoms with E-state index in [2.05, 4.69) is 16.0 Å². The van der Waals surface area contributed by atoms with Gasteiger partial charge in [0, 0.05) is 17.1 Å². The van der Waals surface area contributed by atoms with Gasteiger partial charge in [0.2, 0.25) is 10.0 Å². The van der Waals surface area contributed by atoms with Gasteiger partial charge in [-0.1, -0.05) is 12.8 Å². The summed E-state index contributed by atoms with van der Waals surface area (Å²) in [6.07, 6.45) is 5.67. The van der Waals surface area contributed by atoms with Gasteiger partial charge in [0.25, 0.3) is 5.91 Å². The molecule has 0 radical (unpaired) electrons. The molecule has 28 heavy (non-hydrogen) atoms. The van der Waals surface area contributed by atoms with Gasteiger partial charge in [0.05, 0.1) is 17.9 Å². The average molecular weight is 419 g/mol. The van der Waals surface area contributed by atoms with Crippen molar-refractivity contribution in [2.24, 2.45) is 5.92 Å². The van der Waals surface area contributed by atoms with Crippen LogP contribution in [0.4, 0.5) is 10.8 Å². The van der Waals surface area contributed by atoms with Gasteiger partial charge in [-0.05, 0) is 49.9 Å². The van der Waals surface area contributed by atoms with E-state index in [-0.39, 0.29) is 5.69 Å². The summed E-state index contributed by atoms with van der Waals surface area (Å²) < 4.78 is 24.8. The largest absolute Gasteiger partial charge is 0.318 e. The number of anilines is 2. The van der Waals surface area contributed by atoms with Crippen LogP contribution < -0.4 is 9.62 Å². The summed E-state index contributed by atoms with van der Waals surface area (Å²) in [6, 6.07) is 9.38. The second-order valence-electron chi connectivity index (χ2n) is 7.02. The van der Waals surface area contributed by atoms with E-state index in [1.165, 1.54) is 24.2 Å². The van der Waals surface area contributed by atoms with E-state index in [0.717, 1.165) is 31.3 Å². The van der Waals surface area contributed by atoms with Crippen molar-refractivity contribution in [3.63, 3.8) is 0 Å². The Morgan fingerprint density at radius 2 is 1.96 bits per heavy atom. The number of hydrogen-bond donors (Lipinski definition) is 1. The molecule has 1 aromatic heterocycles. The zero-order valence-corrected chi connectivity index (χ0v) is 17.4. The Hall–Kier alpha value is -2.44. The zero-order valence-electron chi connectivity index (χ0n) is 15.8. The van der Waals surface area contributed by atoms with E-state index in [9.17, 15) is 13.2 Å². The first-order valence-corrected chi connectivity index (χ1v) is 11.7. The van der Waals surface area contributed by atoms with E-state index in [4.69, 9.17) is 5.26 Å². The van der Waals surface area contributed by atoms with Crippen LogP contribution in [0, 0.1) is 24.2 Å². The molecule has 1 amide bonds. The van der Waals surface area contributed by atoms with Crippen LogP contribution in [0.3, 0.4) is 0 Å². The van der Waals surface area contributed by atoms with Crippen LogP contribution in [0.2, 0.25) is 0 Å². The molecule has 0 unspecified atom stereocenters. The Morgan fingerprint density at radius 3 is 2.54 bits per heavy atom. The summed E-state index contributed by atoms with van der Waals surface area (Å²) in [5.41, 5.74) is 1.60. The van der Waals surface area contributed by atoms with E-state index in [1.807, 2.05) is 16.9 Å². The van der Waals surface area contributed by atoms with Gasteiger partial charge < -0.3 is 4.90 Å². The number of amides is 1. The lowest BCUT2D eigenvalue weighted by Crippen LogP contribution is -2.30. The summed E-state index contributed by atoms with van der Waals surface area (Å²) in [5, 5.41) is 9.69. The molecule has 1 aromatic carbocycles. The Kier molecular flexibility index (Phi) is 6.01. The first kappa shape index (κ1) is 20.3. The first-order chi connectivity index (χ1) is 13.3. The number of carbonyl (C=O) groups excluding carboxylic acids is 1. The third kappa shape index (κ3) is 4.88. The molecule has 7 nitrogen and oxygen atoms in total. The Morgan fingerprint density at radius 1 is 1.32 bits per heavy atom. The Balaban J connectivity index is 1.94. The number of benzene rings is 1. The predicted molar refractivity (Wildman–Crippen MR) is 109 cm³/mol. The van der Waals surface area contributed by atoms with Crippen molar-refractivity contribution in [1.82, 2.24) is 9.71 Å². The highest BCUT2D eigenvalue weighted by Crippen LogP contribution is 2.35. The van der Waals surface area contributed by atoms with Crippen LogP contribution in [-0.2, 0) is 10.0 Å². The first-order valence-electron chi connectivity index (χ1n) is 9.04. The van der Waals surface area contributed by atoms with Crippen LogP contribution in [0.5, 0.6) is 0 Å². The summed E-state index contributed by atoms with van der Waals surface area (Å²) in [4.78, 5) is 19.5. The van der Waals surface area contributed by atoms with Crippen molar-refractivity contribution in [2.45, 2.75) is 32.6 Å². The van der Waals surface area contributed by atoms with E-state index in [0.29, 0.717) is 21.5 Å². The molecule has 9 heteroatoms. The van der Waals surface area contributed by atoms with Crippen molar-refractivity contribution < 1.29 is 13.2 Å².